The number of hydrogen-bond donors (Lipinski definition) is 1. The SMILES string of the molecule is CCc1cc(=O)n(CCNC(=O)CC2CCCCC2)cn1. The summed E-state index contributed by atoms with van der Waals surface area (Å²) in [7, 11) is 0. The highest BCUT2D eigenvalue weighted by atomic mass is 16.1. The van der Waals surface area contributed by atoms with Crippen LogP contribution in [0.5, 0.6) is 0 Å². The van der Waals surface area contributed by atoms with Crippen LogP contribution in [-0.4, -0.2) is 22.0 Å². The molecule has 0 saturated heterocycles. The van der Waals surface area contributed by atoms with E-state index in [0.29, 0.717) is 25.4 Å². The highest BCUT2D eigenvalue weighted by Crippen LogP contribution is 2.25. The van der Waals surface area contributed by atoms with Gasteiger partial charge in [-0.2, -0.15) is 0 Å². The second-order valence-corrected chi connectivity index (χ2v) is 5.82. The first-order valence-electron chi connectivity index (χ1n) is 8.01. The summed E-state index contributed by atoms with van der Waals surface area (Å²) in [5.41, 5.74) is 0.751. The molecule has 1 fully saturated rings. The molecule has 0 aliphatic heterocycles. The first-order chi connectivity index (χ1) is 10.2. The molecule has 0 bridgehead atoms. The summed E-state index contributed by atoms with van der Waals surface area (Å²) >= 11 is 0. The summed E-state index contributed by atoms with van der Waals surface area (Å²) < 4.78 is 1.54. The fourth-order valence-corrected chi connectivity index (χ4v) is 2.87. The average molecular weight is 291 g/mol. The number of hydrogen-bond acceptors (Lipinski definition) is 3. The maximum Gasteiger partial charge on any atom is 0.253 e. The predicted molar refractivity (Wildman–Crippen MR) is 82.1 cm³/mol. The van der Waals surface area contributed by atoms with Crippen LogP contribution in [0.4, 0.5) is 0 Å². The van der Waals surface area contributed by atoms with Crippen LogP contribution in [0.2, 0.25) is 0 Å². The number of nitrogens with one attached hydrogen (secondary N) is 1. The van der Waals surface area contributed by atoms with Crippen molar-refractivity contribution in [2.45, 2.75) is 58.4 Å². The van der Waals surface area contributed by atoms with Gasteiger partial charge in [-0.15, -0.1) is 0 Å². The topological polar surface area (TPSA) is 64.0 Å². The molecule has 1 aromatic heterocycles. The van der Waals surface area contributed by atoms with Crippen molar-refractivity contribution in [1.82, 2.24) is 14.9 Å². The molecule has 0 unspecified atom stereocenters. The zero-order valence-electron chi connectivity index (χ0n) is 12.8. The van der Waals surface area contributed by atoms with Crippen LogP contribution in [0.15, 0.2) is 17.2 Å². The van der Waals surface area contributed by atoms with Crippen molar-refractivity contribution in [1.29, 1.82) is 0 Å². The van der Waals surface area contributed by atoms with Crippen LogP contribution in [0.1, 0.15) is 51.1 Å². The van der Waals surface area contributed by atoms with E-state index in [2.05, 4.69) is 10.3 Å². The molecule has 1 heterocycles. The van der Waals surface area contributed by atoms with E-state index < -0.39 is 0 Å². The van der Waals surface area contributed by atoms with E-state index in [9.17, 15) is 9.59 Å². The van der Waals surface area contributed by atoms with Gasteiger partial charge >= 0.3 is 0 Å². The molecule has 0 atom stereocenters. The zero-order chi connectivity index (χ0) is 15.1. The maximum absolute atomic E-state index is 11.9. The fraction of sp³-hybridized carbons (Fsp3) is 0.688. The molecule has 1 aromatic rings. The smallest absolute Gasteiger partial charge is 0.253 e. The molecular weight excluding hydrogens is 266 g/mol. The zero-order valence-corrected chi connectivity index (χ0v) is 12.8. The van der Waals surface area contributed by atoms with Gasteiger partial charge in [0, 0.05) is 31.3 Å². The molecule has 0 radical (unpaired) electrons. The van der Waals surface area contributed by atoms with Crippen molar-refractivity contribution < 1.29 is 4.79 Å². The molecule has 0 spiro atoms. The quantitative estimate of drug-likeness (QED) is 0.870. The third-order valence-electron chi connectivity index (χ3n) is 4.17. The highest BCUT2D eigenvalue weighted by Gasteiger charge is 2.16. The van der Waals surface area contributed by atoms with Crippen LogP contribution in [-0.2, 0) is 17.8 Å². The minimum atomic E-state index is -0.0524. The lowest BCUT2D eigenvalue weighted by Gasteiger charge is -2.20. The molecule has 1 aliphatic carbocycles. The van der Waals surface area contributed by atoms with E-state index in [1.54, 1.807) is 17.0 Å². The Morgan fingerprint density at radius 2 is 2.14 bits per heavy atom. The third-order valence-corrected chi connectivity index (χ3v) is 4.17. The van der Waals surface area contributed by atoms with Gasteiger partial charge in [-0.3, -0.25) is 14.2 Å². The number of aromatic nitrogens is 2. The van der Waals surface area contributed by atoms with E-state index in [0.717, 1.165) is 12.1 Å². The Balaban J connectivity index is 1.73. The lowest BCUT2D eigenvalue weighted by Crippen LogP contribution is -2.32. The normalized spacial score (nSPS) is 15.9. The molecule has 21 heavy (non-hydrogen) atoms. The molecule has 5 heteroatoms. The van der Waals surface area contributed by atoms with Crippen molar-refractivity contribution in [3.8, 4) is 0 Å². The first-order valence-corrected chi connectivity index (χ1v) is 8.01. The number of carbonyl (C=O) groups excluding carboxylic acids is 1. The number of aryl methyl sites for hydroxylation is 1. The number of amides is 1. The molecule has 2 rings (SSSR count). The summed E-state index contributed by atoms with van der Waals surface area (Å²) in [6, 6.07) is 1.56. The van der Waals surface area contributed by atoms with Crippen LogP contribution in [0.3, 0.4) is 0 Å². The minimum absolute atomic E-state index is 0.0524. The lowest BCUT2D eigenvalue weighted by molar-refractivity contribution is -0.122. The fourth-order valence-electron chi connectivity index (χ4n) is 2.87. The van der Waals surface area contributed by atoms with E-state index in [4.69, 9.17) is 0 Å². The minimum Gasteiger partial charge on any atom is -0.354 e. The summed E-state index contributed by atoms with van der Waals surface area (Å²) in [5.74, 6) is 0.653. The van der Waals surface area contributed by atoms with E-state index >= 15 is 0 Å². The van der Waals surface area contributed by atoms with Gasteiger partial charge in [0.25, 0.3) is 5.56 Å². The second kappa shape index (κ2) is 7.96. The van der Waals surface area contributed by atoms with Crippen LogP contribution < -0.4 is 10.9 Å². The molecule has 0 aromatic carbocycles. The Hall–Kier alpha value is -1.65. The van der Waals surface area contributed by atoms with Crippen LogP contribution >= 0.6 is 0 Å². The van der Waals surface area contributed by atoms with E-state index in [1.807, 2.05) is 6.92 Å². The predicted octanol–water partition coefficient (Wildman–Crippen LogP) is 1.89. The largest absolute Gasteiger partial charge is 0.354 e. The Morgan fingerprint density at radius 1 is 1.38 bits per heavy atom. The number of rotatable bonds is 6. The molecule has 116 valence electrons. The highest BCUT2D eigenvalue weighted by molar-refractivity contribution is 5.76. The summed E-state index contributed by atoms with van der Waals surface area (Å²) in [6.45, 7) is 2.93. The third kappa shape index (κ3) is 4.99. The van der Waals surface area contributed by atoms with Gasteiger partial charge in [0.1, 0.15) is 0 Å². The average Bonchev–Trinajstić information content (AvgIpc) is 2.50. The molecule has 1 saturated carbocycles. The van der Waals surface area contributed by atoms with Gasteiger partial charge in [-0.1, -0.05) is 26.2 Å². The number of carbonyl (C=O) groups is 1. The molecule has 5 nitrogen and oxygen atoms in total. The maximum atomic E-state index is 11.9. The van der Waals surface area contributed by atoms with Crippen LogP contribution in [0, 0.1) is 5.92 Å². The van der Waals surface area contributed by atoms with Crippen molar-refractivity contribution in [2.75, 3.05) is 6.54 Å². The standard InChI is InChI=1S/C16H25N3O2/c1-2-14-11-16(21)19(12-18-14)9-8-17-15(20)10-13-6-4-3-5-7-13/h11-13H,2-10H2,1H3,(H,17,20). The second-order valence-electron chi connectivity index (χ2n) is 5.82. The first kappa shape index (κ1) is 15.7. The summed E-state index contributed by atoms with van der Waals surface area (Å²) in [6.07, 6.45) is 9.11. The Morgan fingerprint density at radius 3 is 2.81 bits per heavy atom. The van der Waals surface area contributed by atoms with Gasteiger partial charge in [0.15, 0.2) is 0 Å². The van der Waals surface area contributed by atoms with Gasteiger partial charge in [0.05, 0.1) is 6.33 Å². The Labute approximate surface area is 125 Å². The van der Waals surface area contributed by atoms with Crippen molar-refractivity contribution in [2.24, 2.45) is 5.92 Å². The van der Waals surface area contributed by atoms with Crippen molar-refractivity contribution in [3.05, 3.63) is 28.4 Å². The van der Waals surface area contributed by atoms with E-state index in [1.165, 1.54) is 32.1 Å². The molecule has 1 aliphatic rings. The molecule has 1 N–H and O–H groups in total. The van der Waals surface area contributed by atoms with Crippen molar-refractivity contribution >= 4 is 5.91 Å². The molecular formula is C16H25N3O2. The van der Waals surface area contributed by atoms with Gasteiger partial charge in [-0.05, 0) is 25.2 Å². The summed E-state index contributed by atoms with van der Waals surface area (Å²) in [5, 5.41) is 2.91. The van der Waals surface area contributed by atoms with E-state index in [-0.39, 0.29) is 11.5 Å². The van der Waals surface area contributed by atoms with Gasteiger partial charge in [-0.25, -0.2) is 4.98 Å². The lowest BCUT2D eigenvalue weighted by atomic mass is 9.87. The van der Waals surface area contributed by atoms with Gasteiger partial charge < -0.3 is 5.32 Å². The van der Waals surface area contributed by atoms with Gasteiger partial charge in [0.2, 0.25) is 5.91 Å². The van der Waals surface area contributed by atoms with Crippen LogP contribution in [0.25, 0.3) is 0 Å². The monoisotopic (exact) mass is 291 g/mol. The summed E-state index contributed by atoms with van der Waals surface area (Å²) in [4.78, 5) is 27.9. The Bertz CT molecular complexity index is 518. The molecule has 1 amide bonds. The van der Waals surface area contributed by atoms with Crippen molar-refractivity contribution in [3.63, 3.8) is 0 Å². The Kier molecular flexibility index (Phi) is 5.96. The number of nitrogens with zero attached hydrogens (tertiary/aromatic N) is 2.